The van der Waals surface area contributed by atoms with Gasteiger partial charge in [-0.2, -0.15) is 0 Å². The zero-order valence-corrected chi connectivity index (χ0v) is 12.6. The molecule has 0 bridgehead atoms. The number of hydrogen-bond donors (Lipinski definition) is 2. The SMILES string of the molecule is OC(CN1CCC(c2ncc[nH]2)CC1)c1cccc(Cl)c1. The summed E-state index contributed by atoms with van der Waals surface area (Å²) in [7, 11) is 0. The Kier molecular flexibility index (Phi) is 4.58. The summed E-state index contributed by atoms with van der Waals surface area (Å²) in [6.45, 7) is 2.64. The topological polar surface area (TPSA) is 52.1 Å². The fourth-order valence-electron chi connectivity index (χ4n) is 2.95. The molecule has 1 aliphatic heterocycles. The molecular weight excluding hydrogens is 286 g/mol. The number of aliphatic hydroxyl groups is 1. The summed E-state index contributed by atoms with van der Waals surface area (Å²) in [6.07, 6.45) is 5.37. The van der Waals surface area contributed by atoms with Crippen molar-refractivity contribution in [3.05, 3.63) is 53.1 Å². The Morgan fingerprint density at radius 3 is 2.86 bits per heavy atom. The highest BCUT2D eigenvalue weighted by Crippen LogP contribution is 2.27. The Labute approximate surface area is 129 Å². The summed E-state index contributed by atoms with van der Waals surface area (Å²) in [4.78, 5) is 9.86. The van der Waals surface area contributed by atoms with Gasteiger partial charge in [0.15, 0.2) is 0 Å². The average Bonchev–Trinajstić information content (AvgIpc) is 3.02. The highest BCUT2D eigenvalue weighted by Gasteiger charge is 2.23. The van der Waals surface area contributed by atoms with Crippen LogP contribution in [0, 0.1) is 0 Å². The van der Waals surface area contributed by atoms with E-state index >= 15 is 0 Å². The van der Waals surface area contributed by atoms with Gasteiger partial charge >= 0.3 is 0 Å². The highest BCUT2D eigenvalue weighted by molar-refractivity contribution is 6.30. The minimum atomic E-state index is -0.483. The third-order valence-electron chi connectivity index (χ3n) is 4.16. The number of aromatic nitrogens is 2. The molecule has 1 aliphatic rings. The lowest BCUT2D eigenvalue weighted by atomic mass is 9.95. The molecule has 1 saturated heterocycles. The second-order valence-corrected chi connectivity index (χ2v) is 6.06. The standard InChI is InChI=1S/C16H20ClN3O/c17-14-3-1-2-13(10-14)15(21)11-20-8-4-12(5-9-20)16-18-6-7-19-16/h1-3,6-7,10,12,15,21H,4-5,8-9,11H2,(H,18,19). The summed E-state index contributed by atoms with van der Waals surface area (Å²) < 4.78 is 0. The zero-order valence-electron chi connectivity index (χ0n) is 11.9. The number of benzene rings is 1. The lowest BCUT2D eigenvalue weighted by Crippen LogP contribution is -2.36. The second-order valence-electron chi connectivity index (χ2n) is 5.62. The monoisotopic (exact) mass is 305 g/mol. The lowest BCUT2D eigenvalue weighted by Gasteiger charge is -2.32. The number of aromatic amines is 1. The number of piperidine rings is 1. The van der Waals surface area contributed by atoms with Crippen LogP contribution < -0.4 is 0 Å². The van der Waals surface area contributed by atoms with E-state index in [1.54, 1.807) is 0 Å². The van der Waals surface area contributed by atoms with E-state index in [9.17, 15) is 5.11 Å². The summed E-state index contributed by atoms with van der Waals surface area (Å²) in [6, 6.07) is 7.46. The van der Waals surface area contributed by atoms with Gasteiger partial charge in [0.2, 0.25) is 0 Å². The molecule has 112 valence electrons. The molecule has 21 heavy (non-hydrogen) atoms. The molecule has 5 heteroatoms. The summed E-state index contributed by atoms with van der Waals surface area (Å²) >= 11 is 5.97. The van der Waals surface area contributed by atoms with Crippen LogP contribution in [0.3, 0.4) is 0 Å². The van der Waals surface area contributed by atoms with Gasteiger partial charge in [0.25, 0.3) is 0 Å². The minimum absolute atomic E-state index is 0.483. The van der Waals surface area contributed by atoms with E-state index < -0.39 is 6.10 Å². The molecular formula is C16H20ClN3O. The van der Waals surface area contributed by atoms with Crippen molar-refractivity contribution in [1.29, 1.82) is 0 Å². The van der Waals surface area contributed by atoms with Crippen molar-refractivity contribution >= 4 is 11.6 Å². The smallest absolute Gasteiger partial charge is 0.109 e. The van der Waals surface area contributed by atoms with Crippen molar-refractivity contribution in [2.45, 2.75) is 24.9 Å². The number of imidazole rings is 1. The van der Waals surface area contributed by atoms with Crippen LogP contribution in [0.1, 0.15) is 36.3 Å². The van der Waals surface area contributed by atoms with Crippen molar-refractivity contribution in [2.75, 3.05) is 19.6 Å². The van der Waals surface area contributed by atoms with Crippen LogP contribution in [-0.4, -0.2) is 39.6 Å². The molecule has 1 aromatic heterocycles. The Morgan fingerprint density at radius 1 is 1.38 bits per heavy atom. The van der Waals surface area contributed by atoms with Crippen LogP contribution in [-0.2, 0) is 0 Å². The molecule has 1 unspecified atom stereocenters. The predicted octanol–water partition coefficient (Wildman–Crippen LogP) is 2.98. The maximum atomic E-state index is 10.3. The molecule has 0 saturated carbocycles. The van der Waals surface area contributed by atoms with Gasteiger partial charge in [0.1, 0.15) is 5.82 Å². The molecule has 4 nitrogen and oxygen atoms in total. The van der Waals surface area contributed by atoms with Gasteiger partial charge in [-0.25, -0.2) is 4.98 Å². The zero-order chi connectivity index (χ0) is 14.7. The molecule has 2 N–H and O–H groups in total. The first-order chi connectivity index (χ1) is 10.2. The van der Waals surface area contributed by atoms with Crippen molar-refractivity contribution < 1.29 is 5.11 Å². The third kappa shape index (κ3) is 3.64. The maximum Gasteiger partial charge on any atom is 0.109 e. The second kappa shape index (κ2) is 6.60. The number of nitrogens with zero attached hydrogens (tertiary/aromatic N) is 2. The first-order valence-electron chi connectivity index (χ1n) is 7.37. The van der Waals surface area contributed by atoms with E-state index in [0.717, 1.165) is 37.3 Å². The Morgan fingerprint density at radius 2 is 2.19 bits per heavy atom. The highest BCUT2D eigenvalue weighted by atomic mass is 35.5. The van der Waals surface area contributed by atoms with Crippen molar-refractivity contribution in [3.8, 4) is 0 Å². The minimum Gasteiger partial charge on any atom is -0.387 e. The molecule has 3 rings (SSSR count). The summed E-state index contributed by atoms with van der Waals surface area (Å²) in [5.74, 6) is 1.60. The van der Waals surface area contributed by atoms with Gasteiger partial charge in [-0.3, -0.25) is 0 Å². The first-order valence-corrected chi connectivity index (χ1v) is 7.75. The van der Waals surface area contributed by atoms with E-state index in [0.29, 0.717) is 17.5 Å². The largest absolute Gasteiger partial charge is 0.387 e. The Hall–Kier alpha value is -1.36. The quantitative estimate of drug-likeness (QED) is 0.913. The third-order valence-corrected chi connectivity index (χ3v) is 4.39. The van der Waals surface area contributed by atoms with E-state index in [1.165, 1.54) is 0 Å². The first kappa shape index (κ1) is 14.6. The Bertz CT molecular complexity index is 565. The number of hydrogen-bond acceptors (Lipinski definition) is 3. The number of β-amino-alcohol motifs (C(OH)–C–C–N with tert-alkyl or cyclic N) is 1. The van der Waals surface area contributed by atoms with Gasteiger partial charge in [0, 0.05) is 29.9 Å². The molecule has 1 fully saturated rings. The molecule has 2 aromatic rings. The fraction of sp³-hybridized carbons (Fsp3) is 0.438. The summed E-state index contributed by atoms with van der Waals surface area (Å²) in [5, 5.41) is 11.0. The van der Waals surface area contributed by atoms with Gasteiger partial charge in [-0.05, 0) is 43.6 Å². The number of halogens is 1. The van der Waals surface area contributed by atoms with Crippen LogP contribution in [0.15, 0.2) is 36.7 Å². The average molecular weight is 306 g/mol. The molecule has 0 aliphatic carbocycles. The molecule has 0 amide bonds. The number of likely N-dealkylation sites (tertiary alicyclic amines) is 1. The Balaban J connectivity index is 1.53. The predicted molar refractivity (Wildman–Crippen MR) is 83.4 cm³/mol. The van der Waals surface area contributed by atoms with Crippen LogP contribution in [0.25, 0.3) is 0 Å². The van der Waals surface area contributed by atoms with Gasteiger partial charge in [-0.1, -0.05) is 23.7 Å². The van der Waals surface area contributed by atoms with Crippen molar-refractivity contribution in [3.63, 3.8) is 0 Å². The van der Waals surface area contributed by atoms with Crippen LogP contribution in [0.2, 0.25) is 5.02 Å². The number of aliphatic hydroxyl groups excluding tert-OH is 1. The molecule has 0 radical (unpaired) electrons. The van der Waals surface area contributed by atoms with Gasteiger partial charge in [0.05, 0.1) is 6.10 Å². The number of nitrogens with one attached hydrogen (secondary N) is 1. The maximum absolute atomic E-state index is 10.3. The normalized spacial score (nSPS) is 18.8. The van der Waals surface area contributed by atoms with E-state index in [1.807, 2.05) is 36.7 Å². The number of H-pyrrole nitrogens is 1. The molecule has 1 aromatic carbocycles. The lowest BCUT2D eigenvalue weighted by molar-refractivity contribution is 0.0966. The fourth-order valence-corrected chi connectivity index (χ4v) is 3.15. The molecule has 1 atom stereocenters. The van der Waals surface area contributed by atoms with Crippen LogP contribution in [0.5, 0.6) is 0 Å². The number of rotatable bonds is 4. The van der Waals surface area contributed by atoms with E-state index in [-0.39, 0.29) is 0 Å². The molecule has 2 heterocycles. The van der Waals surface area contributed by atoms with E-state index in [2.05, 4.69) is 14.9 Å². The summed E-state index contributed by atoms with van der Waals surface area (Å²) in [5.41, 5.74) is 0.885. The van der Waals surface area contributed by atoms with Gasteiger partial charge < -0.3 is 15.0 Å². The van der Waals surface area contributed by atoms with Crippen LogP contribution in [0.4, 0.5) is 0 Å². The van der Waals surface area contributed by atoms with Gasteiger partial charge in [-0.15, -0.1) is 0 Å². The molecule has 0 spiro atoms. The van der Waals surface area contributed by atoms with Crippen LogP contribution >= 0.6 is 11.6 Å². The van der Waals surface area contributed by atoms with E-state index in [4.69, 9.17) is 11.6 Å². The van der Waals surface area contributed by atoms with Crippen molar-refractivity contribution in [2.24, 2.45) is 0 Å². The van der Waals surface area contributed by atoms with Crippen molar-refractivity contribution in [1.82, 2.24) is 14.9 Å².